The van der Waals surface area contributed by atoms with Crippen LogP contribution in [0.15, 0.2) is 24.3 Å². The summed E-state index contributed by atoms with van der Waals surface area (Å²) in [5, 5.41) is 12.6. The molecule has 0 saturated carbocycles. The fraction of sp³-hybridized carbons (Fsp3) is 0.556. The van der Waals surface area contributed by atoms with Gasteiger partial charge in [0, 0.05) is 49.4 Å². The van der Waals surface area contributed by atoms with E-state index in [-0.39, 0.29) is 23.8 Å². The van der Waals surface area contributed by atoms with Crippen LogP contribution in [0.1, 0.15) is 36.0 Å². The highest BCUT2D eigenvalue weighted by Crippen LogP contribution is 2.29. The van der Waals surface area contributed by atoms with Gasteiger partial charge in [-0.2, -0.15) is 0 Å². The second-order valence-corrected chi connectivity index (χ2v) is 6.65. The Bertz CT molecular complexity index is 594. The van der Waals surface area contributed by atoms with Gasteiger partial charge >= 0.3 is 0 Å². The largest absolute Gasteiger partial charge is 0.396 e. The normalized spacial score (nSPS) is 20.2. The number of aliphatic hydroxyl groups is 1. The van der Waals surface area contributed by atoms with Gasteiger partial charge in [0.15, 0.2) is 0 Å². The first-order chi connectivity index (χ1) is 11.6. The highest BCUT2D eigenvalue weighted by molar-refractivity contribution is 5.97. The van der Waals surface area contributed by atoms with Crippen molar-refractivity contribution in [2.45, 2.75) is 25.7 Å². The number of rotatable bonds is 5. The summed E-state index contributed by atoms with van der Waals surface area (Å²) in [6, 6.07) is 7.11. The molecular weight excluding hydrogens is 308 g/mol. The van der Waals surface area contributed by atoms with E-state index in [4.69, 9.17) is 4.74 Å². The monoisotopic (exact) mass is 332 g/mol. The third-order valence-corrected chi connectivity index (χ3v) is 5.03. The van der Waals surface area contributed by atoms with E-state index in [0.29, 0.717) is 31.7 Å². The molecule has 2 saturated heterocycles. The van der Waals surface area contributed by atoms with E-state index in [1.807, 2.05) is 12.1 Å². The number of amides is 2. The Morgan fingerprint density at radius 3 is 2.54 bits per heavy atom. The second-order valence-electron chi connectivity index (χ2n) is 6.65. The van der Waals surface area contributed by atoms with Crippen molar-refractivity contribution in [3.8, 4) is 0 Å². The van der Waals surface area contributed by atoms with E-state index in [0.717, 1.165) is 31.5 Å². The number of aliphatic hydroxyl groups excluding tert-OH is 1. The van der Waals surface area contributed by atoms with E-state index in [2.05, 4.69) is 5.32 Å². The maximum absolute atomic E-state index is 12.3. The van der Waals surface area contributed by atoms with Gasteiger partial charge in [-0.25, -0.2) is 0 Å². The molecule has 130 valence electrons. The first kappa shape index (κ1) is 16.9. The van der Waals surface area contributed by atoms with Crippen LogP contribution < -0.4 is 10.2 Å². The molecule has 0 atom stereocenters. The van der Waals surface area contributed by atoms with Gasteiger partial charge < -0.3 is 20.1 Å². The van der Waals surface area contributed by atoms with E-state index in [1.54, 1.807) is 17.0 Å². The third kappa shape index (κ3) is 3.60. The highest BCUT2D eigenvalue weighted by Gasteiger charge is 2.32. The lowest BCUT2D eigenvalue weighted by Crippen LogP contribution is -2.43. The Morgan fingerprint density at radius 1 is 1.25 bits per heavy atom. The van der Waals surface area contributed by atoms with Gasteiger partial charge in [0.25, 0.3) is 5.91 Å². The number of hydrogen-bond donors (Lipinski definition) is 2. The molecule has 2 heterocycles. The number of hydrogen-bond acceptors (Lipinski definition) is 4. The molecule has 0 radical (unpaired) electrons. The van der Waals surface area contributed by atoms with E-state index in [1.165, 1.54) is 0 Å². The lowest BCUT2D eigenvalue weighted by atomic mass is 9.81. The van der Waals surface area contributed by atoms with E-state index < -0.39 is 0 Å². The smallest absolute Gasteiger partial charge is 0.251 e. The Hall–Kier alpha value is -1.92. The Balaban J connectivity index is 1.59. The molecular formula is C18H24N2O4. The molecule has 2 fully saturated rings. The Labute approximate surface area is 141 Å². The first-order valence-corrected chi connectivity index (χ1v) is 8.51. The van der Waals surface area contributed by atoms with Crippen LogP contribution in [0.2, 0.25) is 0 Å². The van der Waals surface area contributed by atoms with Crippen LogP contribution in [-0.2, 0) is 9.53 Å². The summed E-state index contributed by atoms with van der Waals surface area (Å²) in [5.74, 6) is -0.0229. The molecule has 2 aliphatic rings. The van der Waals surface area contributed by atoms with Gasteiger partial charge in [0.2, 0.25) is 5.91 Å². The van der Waals surface area contributed by atoms with E-state index >= 15 is 0 Å². The summed E-state index contributed by atoms with van der Waals surface area (Å²) in [6.45, 7) is 2.47. The average molecular weight is 332 g/mol. The summed E-state index contributed by atoms with van der Waals surface area (Å²) in [6.07, 6.45) is 2.98. The minimum Gasteiger partial charge on any atom is -0.396 e. The first-order valence-electron chi connectivity index (χ1n) is 8.51. The van der Waals surface area contributed by atoms with Crippen molar-refractivity contribution in [2.75, 3.05) is 37.8 Å². The van der Waals surface area contributed by atoms with Crippen molar-refractivity contribution in [1.29, 1.82) is 0 Å². The second kappa shape index (κ2) is 7.32. The molecule has 6 heteroatoms. The summed E-state index contributed by atoms with van der Waals surface area (Å²) in [7, 11) is 0. The SMILES string of the molecule is O=C(NCC1(CO)CCOCC1)c1ccc(N2CCCC2=O)cc1. The van der Waals surface area contributed by atoms with Gasteiger partial charge in [0.1, 0.15) is 0 Å². The lowest BCUT2D eigenvalue weighted by molar-refractivity contribution is -0.117. The number of nitrogens with zero attached hydrogens (tertiary/aromatic N) is 1. The zero-order valence-corrected chi connectivity index (χ0v) is 13.8. The predicted octanol–water partition coefficient (Wildman–Crippen LogP) is 1.33. The molecule has 2 N–H and O–H groups in total. The van der Waals surface area contributed by atoms with Crippen LogP contribution >= 0.6 is 0 Å². The van der Waals surface area contributed by atoms with E-state index in [9.17, 15) is 14.7 Å². The van der Waals surface area contributed by atoms with Crippen LogP contribution in [0.3, 0.4) is 0 Å². The van der Waals surface area contributed by atoms with Gasteiger partial charge in [-0.1, -0.05) is 0 Å². The average Bonchev–Trinajstić information content (AvgIpc) is 3.06. The summed E-state index contributed by atoms with van der Waals surface area (Å²) < 4.78 is 5.33. The van der Waals surface area contributed by atoms with Crippen molar-refractivity contribution >= 4 is 17.5 Å². The molecule has 1 aromatic carbocycles. The molecule has 0 aromatic heterocycles. The van der Waals surface area contributed by atoms with Gasteiger partial charge in [-0.3, -0.25) is 9.59 Å². The molecule has 1 aromatic rings. The van der Waals surface area contributed by atoms with Gasteiger partial charge in [-0.05, 0) is 43.5 Å². The lowest BCUT2D eigenvalue weighted by Gasteiger charge is -2.35. The molecule has 0 spiro atoms. The standard InChI is InChI=1S/C18H24N2O4/c21-13-18(7-10-24-11-8-18)12-19-17(23)14-3-5-15(6-4-14)20-9-1-2-16(20)22/h3-6,21H,1-2,7-13H2,(H,19,23). The van der Waals surface area contributed by atoms with Crippen molar-refractivity contribution in [2.24, 2.45) is 5.41 Å². The molecule has 6 nitrogen and oxygen atoms in total. The molecule has 24 heavy (non-hydrogen) atoms. The number of carbonyl (C=O) groups excluding carboxylic acids is 2. The topological polar surface area (TPSA) is 78.9 Å². The fourth-order valence-electron chi connectivity index (χ4n) is 3.28. The fourth-order valence-corrected chi connectivity index (χ4v) is 3.28. The number of ether oxygens (including phenoxy) is 1. The molecule has 0 bridgehead atoms. The zero-order chi connectivity index (χ0) is 17.0. The molecule has 2 aliphatic heterocycles. The summed E-state index contributed by atoms with van der Waals surface area (Å²) >= 11 is 0. The number of anilines is 1. The number of benzene rings is 1. The quantitative estimate of drug-likeness (QED) is 0.853. The van der Waals surface area contributed by atoms with Crippen LogP contribution in [-0.4, -0.2) is 49.8 Å². The Morgan fingerprint density at radius 2 is 1.96 bits per heavy atom. The number of carbonyl (C=O) groups is 2. The predicted molar refractivity (Wildman–Crippen MR) is 89.9 cm³/mol. The molecule has 0 aliphatic carbocycles. The zero-order valence-electron chi connectivity index (χ0n) is 13.8. The minimum absolute atomic E-state index is 0.0483. The molecule has 3 rings (SSSR count). The van der Waals surface area contributed by atoms with Crippen molar-refractivity contribution < 1.29 is 19.4 Å². The summed E-state index contributed by atoms with van der Waals surface area (Å²) in [4.78, 5) is 25.8. The highest BCUT2D eigenvalue weighted by atomic mass is 16.5. The number of nitrogens with one attached hydrogen (secondary N) is 1. The molecule has 0 unspecified atom stereocenters. The van der Waals surface area contributed by atoms with Crippen LogP contribution in [0.4, 0.5) is 5.69 Å². The van der Waals surface area contributed by atoms with Gasteiger partial charge in [0.05, 0.1) is 6.61 Å². The van der Waals surface area contributed by atoms with Crippen LogP contribution in [0, 0.1) is 5.41 Å². The molecule has 2 amide bonds. The maximum atomic E-state index is 12.3. The minimum atomic E-state index is -0.282. The maximum Gasteiger partial charge on any atom is 0.251 e. The third-order valence-electron chi connectivity index (χ3n) is 5.03. The van der Waals surface area contributed by atoms with Gasteiger partial charge in [-0.15, -0.1) is 0 Å². The van der Waals surface area contributed by atoms with Crippen molar-refractivity contribution in [3.05, 3.63) is 29.8 Å². The van der Waals surface area contributed by atoms with Crippen LogP contribution in [0.5, 0.6) is 0 Å². The van der Waals surface area contributed by atoms with Crippen molar-refractivity contribution in [3.63, 3.8) is 0 Å². The van der Waals surface area contributed by atoms with Crippen LogP contribution in [0.25, 0.3) is 0 Å². The summed E-state index contributed by atoms with van der Waals surface area (Å²) in [5.41, 5.74) is 1.12. The van der Waals surface area contributed by atoms with Crippen molar-refractivity contribution in [1.82, 2.24) is 5.32 Å². The Kier molecular flexibility index (Phi) is 5.16.